The first kappa shape index (κ1) is 13.8. The van der Waals surface area contributed by atoms with Crippen LogP contribution in [0.15, 0.2) is 35.3 Å². The molecular weight excluding hydrogens is 316 g/mol. The summed E-state index contributed by atoms with van der Waals surface area (Å²) in [6, 6.07) is 7.22. The molecule has 1 aromatic carbocycles. The molecule has 106 valence electrons. The molecule has 4 nitrogen and oxygen atoms in total. The zero-order valence-corrected chi connectivity index (χ0v) is 13.3. The van der Waals surface area contributed by atoms with Gasteiger partial charge in [0.1, 0.15) is 12.7 Å². The number of likely N-dealkylation sites (N-methyl/N-ethyl adjacent to an activating group) is 1. The van der Waals surface area contributed by atoms with Crippen LogP contribution >= 0.6 is 15.9 Å². The number of nitrogens with zero attached hydrogens (tertiary/aromatic N) is 4. The lowest BCUT2D eigenvalue weighted by Gasteiger charge is -2.33. The van der Waals surface area contributed by atoms with Crippen molar-refractivity contribution in [3.05, 3.63) is 46.5 Å². The van der Waals surface area contributed by atoms with Crippen molar-refractivity contribution in [2.45, 2.75) is 31.8 Å². The number of fused-ring (bicyclic) bond motifs is 1. The highest BCUT2D eigenvalue weighted by atomic mass is 79.9. The van der Waals surface area contributed by atoms with Crippen molar-refractivity contribution in [3.63, 3.8) is 0 Å². The number of hydrogen-bond donors (Lipinski definition) is 0. The van der Waals surface area contributed by atoms with Gasteiger partial charge < -0.3 is 4.57 Å². The van der Waals surface area contributed by atoms with Crippen molar-refractivity contribution in [3.8, 4) is 0 Å². The molecule has 0 radical (unpaired) electrons. The van der Waals surface area contributed by atoms with Crippen LogP contribution in [0.5, 0.6) is 0 Å². The van der Waals surface area contributed by atoms with Crippen LogP contribution in [-0.4, -0.2) is 33.3 Å². The van der Waals surface area contributed by atoms with Crippen molar-refractivity contribution < 1.29 is 0 Å². The predicted octanol–water partition coefficient (Wildman–Crippen LogP) is 3.05. The highest BCUT2D eigenvalue weighted by Crippen LogP contribution is 2.35. The number of halogens is 1. The van der Waals surface area contributed by atoms with E-state index in [1.807, 2.05) is 4.57 Å². The highest BCUT2D eigenvalue weighted by molar-refractivity contribution is 9.10. The third-order valence-corrected chi connectivity index (χ3v) is 4.59. The largest absolute Gasteiger partial charge is 0.319 e. The zero-order chi connectivity index (χ0) is 13.9. The van der Waals surface area contributed by atoms with Crippen molar-refractivity contribution in [2.24, 2.45) is 0 Å². The van der Waals surface area contributed by atoms with Crippen LogP contribution in [0, 0.1) is 0 Å². The summed E-state index contributed by atoms with van der Waals surface area (Å²) in [5, 5.41) is 7.70. The summed E-state index contributed by atoms with van der Waals surface area (Å²) < 4.78 is 3.21. The van der Waals surface area contributed by atoms with Gasteiger partial charge in [-0.25, -0.2) is 0 Å². The lowest BCUT2D eigenvalue weighted by molar-refractivity contribution is 0.213. The van der Waals surface area contributed by atoms with Crippen molar-refractivity contribution in [1.29, 1.82) is 0 Å². The van der Waals surface area contributed by atoms with Gasteiger partial charge in [-0.3, -0.25) is 4.90 Å². The molecule has 0 amide bonds. The minimum absolute atomic E-state index is 0.521. The number of hydrogen-bond acceptors (Lipinski definition) is 3. The Balaban J connectivity index is 1.72. The third-order valence-electron chi connectivity index (χ3n) is 4.10. The van der Waals surface area contributed by atoms with Gasteiger partial charge in [0.05, 0.1) is 0 Å². The highest BCUT2D eigenvalue weighted by Gasteiger charge is 2.23. The molecule has 5 heteroatoms. The Morgan fingerprint density at radius 3 is 2.95 bits per heavy atom. The number of aryl methyl sites for hydroxylation is 1. The van der Waals surface area contributed by atoms with Crippen molar-refractivity contribution >= 4 is 15.9 Å². The van der Waals surface area contributed by atoms with Crippen LogP contribution in [0.1, 0.15) is 30.0 Å². The maximum atomic E-state index is 3.85. The van der Waals surface area contributed by atoms with Crippen LogP contribution in [0.2, 0.25) is 0 Å². The van der Waals surface area contributed by atoms with Crippen molar-refractivity contribution in [1.82, 2.24) is 19.7 Å². The van der Waals surface area contributed by atoms with Gasteiger partial charge in [0.25, 0.3) is 0 Å². The summed E-state index contributed by atoms with van der Waals surface area (Å²) in [7, 11) is 2.21. The summed E-state index contributed by atoms with van der Waals surface area (Å²) in [6.07, 6.45) is 7.27. The van der Waals surface area contributed by atoms with Crippen molar-refractivity contribution in [2.75, 3.05) is 13.6 Å². The lowest BCUT2D eigenvalue weighted by atomic mass is 9.87. The zero-order valence-electron chi connectivity index (χ0n) is 11.7. The van der Waals surface area contributed by atoms with E-state index in [0.717, 1.165) is 13.1 Å². The van der Waals surface area contributed by atoms with Gasteiger partial charge in [-0.1, -0.05) is 22.0 Å². The topological polar surface area (TPSA) is 34.0 Å². The predicted molar refractivity (Wildman–Crippen MR) is 82.5 cm³/mol. The molecule has 20 heavy (non-hydrogen) atoms. The van der Waals surface area contributed by atoms with Crippen LogP contribution in [-0.2, 0) is 13.0 Å². The minimum Gasteiger partial charge on any atom is -0.319 e. The van der Waals surface area contributed by atoms with E-state index in [-0.39, 0.29) is 0 Å². The van der Waals surface area contributed by atoms with Crippen LogP contribution in [0.4, 0.5) is 0 Å². The Morgan fingerprint density at radius 1 is 1.35 bits per heavy atom. The maximum absolute atomic E-state index is 3.85. The fraction of sp³-hybridized carbons (Fsp3) is 0.467. The first-order valence-corrected chi connectivity index (χ1v) is 7.84. The molecule has 0 spiro atoms. The smallest absolute Gasteiger partial charge is 0.119 e. The van der Waals surface area contributed by atoms with E-state index in [1.54, 1.807) is 12.7 Å². The number of rotatable bonds is 4. The van der Waals surface area contributed by atoms with E-state index in [1.165, 1.54) is 34.9 Å². The monoisotopic (exact) mass is 334 g/mol. The Labute approximate surface area is 127 Å². The van der Waals surface area contributed by atoms with E-state index in [2.05, 4.69) is 56.3 Å². The maximum Gasteiger partial charge on any atom is 0.119 e. The Morgan fingerprint density at radius 2 is 2.15 bits per heavy atom. The molecule has 0 unspecified atom stereocenters. The van der Waals surface area contributed by atoms with E-state index >= 15 is 0 Å². The Kier molecular flexibility index (Phi) is 4.17. The molecule has 0 saturated carbocycles. The van der Waals surface area contributed by atoms with E-state index in [9.17, 15) is 0 Å². The summed E-state index contributed by atoms with van der Waals surface area (Å²) in [5.74, 6) is 0. The minimum atomic E-state index is 0.521. The van der Waals surface area contributed by atoms with E-state index < -0.39 is 0 Å². The van der Waals surface area contributed by atoms with Gasteiger partial charge in [0.15, 0.2) is 0 Å². The summed E-state index contributed by atoms with van der Waals surface area (Å²) >= 11 is 3.60. The van der Waals surface area contributed by atoms with E-state index in [4.69, 9.17) is 0 Å². The van der Waals surface area contributed by atoms with Gasteiger partial charge in [-0.05, 0) is 49.6 Å². The Hall–Kier alpha value is -1.20. The second-order valence-electron chi connectivity index (χ2n) is 5.43. The quantitative estimate of drug-likeness (QED) is 0.861. The summed E-state index contributed by atoms with van der Waals surface area (Å²) in [5.41, 5.74) is 2.98. The van der Waals surface area contributed by atoms with Crippen LogP contribution < -0.4 is 0 Å². The van der Waals surface area contributed by atoms with Crippen LogP contribution in [0.25, 0.3) is 0 Å². The SMILES string of the molecule is CN(CCn1cnnc1)[C@@H]1CCCc2ccc(Br)cc21. The first-order valence-electron chi connectivity index (χ1n) is 7.05. The fourth-order valence-corrected chi connectivity index (χ4v) is 3.35. The molecule has 0 aliphatic heterocycles. The van der Waals surface area contributed by atoms with Gasteiger partial charge in [0, 0.05) is 23.6 Å². The molecular formula is C15H19BrN4. The molecule has 1 aromatic heterocycles. The van der Waals surface area contributed by atoms with Gasteiger partial charge in [-0.15, -0.1) is 10.2 Å². The van der Waals surface area contributed by atoms with Gasteiger partial charge in [-0.2, -0.15) is 0 Å². The molecule has 3 rings (SSSR count). The normalized spacial score (nSPS) is 18.2. The summed E-state index contributed by atoms with van der Waals surface area (Å²) in [6.45, 7) is 1.94. The molecule has 0 saturated heterocycles. The second kappa shape index (κ2) is 6.06. The fourth-order valence-electron chi connectivity index (χ4n) is 2.97. The third kappa shape index (κ3) is 2.94. The van der Waals surface area contributed by atoms with Crippen LogP contribution in [0.3, 0.4) is 0 Å². The first-order chi connectivity index (χ1) is 9.74. The number of benzene rings is 1. The average molecular weight is 335 g/mol. The summed E-state index contributed by atoms with van der Waals surface area (Å²) in [4.78, 5) is 2.45. The molecule has 1 heterocycles. The molecule has 1 aliphatic carbocycles. The van der Waals surface area contributed by atoms with E-state index in [0.29, 0.717) is 6.04 Å². The van der Waals surface area contributed by atoms with Gasteiger partial charge in [0.2, 0.25) is 0 Å². The molecule has 0 fully saturated rings. The number of aromatic nitrogens is 3. The molecule has 0 bridgehead atoms. The molecule has 0 N–H and O–H groups in total. The average Bonchev–Trinajstić information content (AvgIpc) is 2.97. The van der Waals surface area contributed by atoms with Gasteiger partial charge >= 0.3 is 0 Å². The molecule has 1 atom stereocenters. The second-order valence-corrected chi connectivity index (χ2v) is 6.35. The molecule has 2 aromatic rings. The molecule has 1 aliphatic rings. The Bertz CT molecular complexity index is 567. The standard InChI is InChI=1S/C15H19BrN4/c1-19(7-8-20-10-17-18-11-20)15-4-2-3-12-5-6-13(16)9-14(12)15/h5-6,9-11,15H,2-4,7-8H2,1H3/t15-/m1/s1. The lowest BCUT2D eigenvalue weighted by Crippen LogP contribution is -2.30.